The van der Waals surface area contributed by atoms with Gasteiger partial charge in [0, 0.05) is 31.3 Å². The first-order chi connectivity index (χ1) is 14.5. The van der Waals surface area contributed by atoms with Crippen molar-refractivity contribution in [2.24, 2.45) is 28.2 Å². The molecule has 1 unspecified atom stereocenters. The topological polar surface area (TPSA) is 44.7 Å². The third kappa shape index (κ3) is 3.59. The average Bonchev–Trinajstić information content (AvgIpc) is 3.62. The Balaban J connectivity index is 1.39. The smallest absolute Gasteiger partial charge is 0.370 e. The van der Waals surface area contributed by atoms with E-state index < -0.39 is 29.1 Å². The zero-order valence-corrected chi connectivity index (χ0v) is 17.5. The zero-order valence-electron chi connectivity index (χ0n) is 17.5. The van der Waals surface area contributed by atoms with E-state index in [4.69, 9.17) is 0 Å². The lowest BCUT2D eigenvalue weighted by molar-refractivity contribution is -0.192. The molecular formula is C22H26F5N3O. The number of alkyl halides is 3. The Morgan fingerprint density at radius 2 is 1.84 bits per heavy atom. The van der Waals surface area contributed by atoms with Gasteiger partial charge in [-0.15, -0.1) is 0 Å². The second-order valence-electron chi connectivity index (χ2n) is 9.12. The predicted molar refractivity (Wildman–Crippen MR) is 107 cm³/mol. The summed E-state index contributed by atoms with van der Waals surface area (Å²) in [6.45, 7) is 5.30. The molecule has 0 radical (unpaired) electrons. The van der Waals surface area contributed by atoms with Crippen molar-refractivity contribution in [3.8, 4) is 0 Å². The van der Waals surface area contributed by atoms with Gasteiger partial charge in [0.1, 0.15) is 5.41 Å². The molecular weight excluding hydrogens is 417 g/mol. The molecule has 0 bridgehead atoms. The first-order valence-electron chi connectivity index (χ1n) is 10.6. The summed E-state index contributed by atoms with van der Waals surface area (Å²) in [6.07, 6.45) is -2.67. The van der Waals surface area contributed by atoms with Crippen LogP contribution in [0.4, 0.5) is 33.3 Å². The fraction of sp³-hybridized carbons (Fsp3) is 0.636. The maximum atomic E-state index is 13.8. The van der Waals surface area contributed by atoms with Crippen molar-refractivity contribution < 1.29 is 26.7 Å². The van der Waals surface area contributed by atoms with Crippen molar-refractivity contribution in [3.63, 3.8) is 0 Å². The van der Waals surface area contributed by atoms with Crippen molar-refractivity contribution in [1.29, 1.82) is 0 Å². The van der Waals surface area contributed by atoms with Gasteiger partial charge >= 0.3 is 6.18 Å². The number of halogens is 5. The molecule has 0 spiro atoms. The Hall–Kier alpha value is -2.19. The van der Waals surface area contributed by atoms with Crippen molar-refractivity contribution >= 4 is 24.0 Å². The predicted octanol–water partition coefficient (Wildman–Crippen LogP) is 5.00. The van der Waals surface area contributed by atoms with Crippen LogP contribution in [0.25, 0.3) is 0 Å². The summed E-state index contributed by atoms with van der Waals surface area (Å²) in [5.74, 6) is -2.09. The van der Waals surface area contributed by atoms with Gasteiger partial charge in [0.25, 0.3) is 0 Å². The summed E-state index contributed by atoms with van der Waals surface area (Å²) < 4.78 is 67.0. The molecule has 3 fully saturated rings. The van der Waals surface area contributed by atoms with Crippen molar-refractivity contribution in [1.82, 2.24) is 5.32 Å². The van der Waals surface area contributed by atoms with Gasteiger partial charge in [0.05, 0.1) is 11.4 Å². The minimum absolute atomic E-state index is 0.0785. The van der Waals surface area contributed by atoms with E-state index in [0.717, 1.165) is 25.0 Å². The van der Waals surface area contributed by atoms with Crippen LogP contribution in [0.3, 0.4) is 0 Å². The Bertz CT molecular complexity index is 886. The van der Waals surface area contributed by atoms with E-state index in [1.54, 1.807) is 7.05 Å². The summed E-state index contributed by atoms with van der Waals surface area (Å²) >= 11 is 0. The van der Waals surface area contributed by atoms with Crippen LogP contribution in [-0.4, -0.2) is 37.9 Å². The number of hydrogen-bond donors (Lipinski definition) is 1. The van der Waals surface area contributed by atoms with Crippen molar-refractivity contribution in [2.75, 3.05) is 11.9 Å². The second kappa shape index (κ2) is 7.45. The van der Waals surface area contributed by atoms with Crippen LogP contribution >= 0.6 is 0 Å². The van der Waals surface area contributed by atoms with Gasteiger partial charge in [-0.3, -0.25) is 9.79 Å². The first-order valence-corrected chi connectivity index (χ1v) is 10.6. The van der Waals surface area contributed by atoms with Crippen molar-refractivity contribution in [2.45, 2.75) is 57.3 Å². The molecule has 5 atom stereocenters. The van der Waals surface area contributed by atoms with Gasteiger partial charge < -0.3 is 10.2 Å². The Morgan fingerprint density at radius 3 is 2.32 bits per heavy atom. The summed E-state index contributed by atoms with van der Waals surface area (Å²) in [5.41, 5.74) is -1.48. The highest BCUT2D eigenvalue weighted by Crippen LogP contribution is 2.62. The molecule has 1 aromatic rings. The summed E-state index contributed by atoms with van der Waals surface area (Å²) in [7, 11) is 1.80. The number of anilines is 1. The standard InChI is InChI=1S/C22H26F5N3O/c1-4-16(29-20(31)21(5-6-21)22(25,26)27)19-12-7-11(8-13(12)19)30(3)18-10-15(24)14(23)9-17(18)28-2/h9-13,16,19H,2,4-8H2,1,3H3,(H,29,31)/t11?,12-,13+,16-,19+/m1/s1. The van der Waals surface area contributed by atoms with Crippen LogP contribution in [-0.2, 0) is 4.79 Å². The number of amides is 1. The molecule has 1 amide bonds. The normalized spacial score (nSPS) is 29.1. The van der Waals surface area contributed by atoms with Gasteiger partial charge in [-0.05, 0) is 56.6 Å². The quantitative estimate of drug-likeness (QED) is 0.477. The molecule has 0 heterocycles. The maximum Gasteiger partial charge on any atom is 0.403 e. The highest BCUT2D eigenvalue weighted by atomic mass is 19.4. The van der Waals surface area contributed by atoms with E-state index in [-0.39, 0.29) is 36.5 Å². The largest absolute Gasteiger partial charge is 0.403 e. The lowest BCUT2D eigenvalue weighted by Crippen LogP contribution is -2.47. The second-order valence-corrected chi connectivity index (χ2v) is 9.12. The number of hydrogen-bond acceptors (Lipinski definition) is 3. The number of aliphatic imine (C=N–C) groups is 1. The minimum atomic E-state index is -4.51. The monoisotopic (exact) mass is 443 g/mol. The first kappa shape index (κ1) is 22.0. The minimum Gasteiger partial charge on any atom is -0.370 e. The number of carbonyl (C=O) groups excluding carboxylic acids is 1. The summed E-state index contributed by atoms with van der Waals surface area (Å²) in [5, 5.41) is 2.69. The van der Waals surface area contributed by atoms with E-state index in [1.165, 1.54) is 0 Å². The van der Waals surface area contributed by atoms with Crippen LogP contribution in [0.15, 0.2) is 17.1 Å². The Kier molecular flexibility index (Phi) is 5.29. The van der Waals surface area contributed by atoms with E-state index in [9.17, 15) is 26.7 Å². The third-order valence-corrected chi connectivity index (χ3v) is 7.55. The van der Waals surface area contributed by atoms with Gasteiger partial charge in [0.2, 0.25) is 5.91 Å². The van der Waals surface area contributed by atoms with E-state index in [1.807, 2.05) is 11.8 Å². The molecule has 1 N–H and O–H groups in total. The molecule has 3 saturated carbocycles. The number of nitrogens with zero attached hydrogens (tertiary/aromatic N) is 2. The fourth-order valence-electron chi connectivity index (χ4n) is 5.45. The Labute approximate surface area is 177 Å². The van der Waals surface area contributed by atoms with Gasteiger partial charge in [-0.2, -0.15) is 13.2 Å². The molecule has 9 heteroatoms. The molecule has 170 valence electrons. The number of rotatable bonds is 7. The van der Waals surface area contributed by atoms with Gasteiger partial charge in [-0.1, -0.05) is 6.92 Å². The van der Waals surface area contributed by atoms with Crippen LogP contribution in [0, 0.1) is 34.8 Å². The number of fused-ring (bicyclic) bond motifs is 1. The van der Waals surface area contributed by atoms with Crippen LogP contribution < -0.4 is 10.2 Å². The molecule has 0 aliphatic heterocycles. The molecule has 31 heavy (non-hydrogen) atoms. The molecule has 4 rings (SSSR count). The highest BCUT2D eigenvalue weighted by Gasteiger charge is 2.69. The average molecular weight is 443 g/mol. The Morgan fingerprint density at radius 1 is 1.26 bits per heavy atom. The van der Waals surface area contributed by atoms with Crippen LogP contribution in [0.1, 0.15) is 39.0 Å². The van der Waals surface area contributed by atoms with E-state index >= 15 is 0 Å². The van der Waals surface area contributed by atoms with Crippen molar-refractivity contribution in [3.05, 3.63) is 23.8 Å². The van der Waals surface area contributed by atoms with E-state index in [2.05, 4.69) is 17.0 Å². The SMILES string of the molecule is C=Nc1cc(F)c(F)cc1N(C)C1C[C@@H]2[C@H](C1)[C@H]2[C@@H](CC)NC(=O)C1(C(F)(F)F)CC1. The van der Waals surface area contributed by atoms with E-state index in [0.29, 0.717) is 23.9 Å². The van der Waals surface area contributed by atoms with Gasteiger partial charge in [-0.25, -0.2) is 8.78 Å². The number of benzene rings is 1. The fourth-order valence-corrected chi connectivity index (χ4v) is 5.45. The molecule has 0 saturated heterocycles. The zero-order chi connectivity index (χ0) is 22.7. The maximum absolute atomic E-state index is 13.8. The molecule has 3 aliphatic carbocycles. The summed E-state index contributed by atoms with van der Waals surface area (Å²) in [6, 6.07) is 1.93. The molecule has 0 aromatic heterocycles. The molecule has 3 aliphatic rings. The highest BCUT2D eigenvalue weighted by molar-refractivity contribution is 5.86. The number of nitrogens with one attached hydrogen (secondary N) is 1. The lowest BCUT2D eigenvalue weighted by atomic mass is 9.97. The van der Waals surface area contributed by atoms with Gasteiger partial charge in [0.15, 0.2) is 11.6 Å². The summed E-state index contributed by atoms with van der Waals surface area (Å²) in [4.78, 5) is 18.0. The van der Waals surface area contributed by atoms with Crippen LogP contribution in [0.5, 0.6) is 0 Å². The number of carbonyl (C=O) groups is 1. The molecule has 4 nitrogen and oxygen atoms in total. The lowest BCUT2D eigenvalue weighted by Gasteiger charge is -2.31. The third-order valence-electron chi connectivity index (χ3n) is 7.55. The van der Waals surface area contributed by atoms with Crippen LogP contribution in [0.2, 0.25) is 0 Å². The molecule has 1 aromatic carbocycles.